The Kier molecular flexibility index (Phi) is 4.53. The molecule has 1 unspecified atom stereocenters. The molecule has 1 aliphatic rings. The number of halogens is 3. The van der Waals surface area contributed by atoms with E-state index < -0.39 is 27.8 Å². The van der Waals surface area contributed by atoms with Crippen LogP contribution in [0, 0.1) is 0 Å². The lowest BCUT2D eigenvalue weighted by atomic mass is 9.86. The summed E-state index contributed by atoms with van der Waals surface area (Å²) in [7, 11) is -6.04. The highest BCUT2D eigenvalue weighted by Crippen LogP contribution is 2.38. The van der Waals surface area contributed by atoms with Crippen molar-refractivity contribution >= 4 is 32.5 Å². The number of alkyl halides is 3. The van der Waals surface area contributed by atoms with Crippen molar-refractivity contribution in [1.82, 2.24) is 0 Å². The molecule has 0 saturated heterocycles. The van der Waals surface area contributed by atoms with Crippen LogP contribution < -0.4 is 10.4 Å². The van der Waals surface area contributed by atoms with Crippen LogP contribution in [-0.4, -0.2) is 24.8 Å². The molecule has 150 valence electrons. The molecule has 1 N–H and O–H groups in total. The first-order chi connectivity index (χ1) is 13.6. The van der Waals surface area contributed by atoms with Crippen LogP contribution in [0.3, 0.4) is 0 Å². The summed E-state index contributed by atoms with van der Waals surface area (Å²) in [4.78, 5) is 0. The highest BCUT2D eigenvalue weighted by molar-refractivity contribution is 7.87. The molecule has 1 atom stereocenters. The van der Waals surface area contributed by atoms with Crippen molar-refractivity contribution in [2.75, 3.05) is 0 Å². The van der Waals surface area contributed by atoms with Gasteiger partial charge in [0.05, 0.1) is 0 Å². The van der Waals surface area contributed by atoms with Gasteiger partial charge < -0.3 is 5.11 Å². The maximum absolute atomic E-state index is 13.0. The average Bonchev–Trinajstić information content (AvgIpc) is 2.66. The van der Waals surface area contributed by atoms with Gasteiger partial charge >= 0.3 is 15.6 Å². The SMILES string of the molecule is O=S(=O)(OC1(O)CC=c2ccccc2=C1c1cccc2ccccc12)C(F)(F)F. The van der Waals surface area contributed by atoms with E-state index in [9.17, 15) is 26.7 Å². The summed E-state index contributed by atoms with van der Waals surface area (Å²) in [5, 5.41) is 13.6. The van der Waals surface area contributed by atoms with E-state index in [1.54, 1.807) is 54.6 Å². The van der Waals surface area contributed by atoms with Gasteiger partial charge in [0, 0.05) is 12.0 Å². The molecule has 3 aromatic carbocycles. The van der Waals surface area contributed by atoms with E-state index in [1.165, 1.54) is 6.08 Å². The fraction of sp³-hybridized carbons (Fsp3) is 0.143. The second-order valence-electron chi connectivity index (χ2n) is 6.66. The molecule has 1 aliphatic carbocycles. The molecule has 4 nitrogen and oxygen atoms in total. The van der Waals surface area contributed by atoms with Crippen LogP contribution in [0.2, 0.25) is 0 Å². The Morgan fingerprint density at radius 3 is 2.34 bits per heavy atom. The topological polar surface area (TPSA) is 63.6 Å². The second-order valence-corrected chi connectivity index (χ2v) is 8.20. The number of benzene rings is 3. The Balaban J connectivity index is 2.06. The lowest BCUT2D eigenvalue weighted by molar-refractivity contribution is -0.107. The van der Waals surface area contributed by atoms with Gasteiger partial charge in [-0.15, -0.1) is 0 Å². The van der Waals surface area contributed by atoms with Crippen molar-refractivity contribution in [3.63, 3.8) is 0 Å². The quantitative estimate of drug-likeness (QED) is 0.402. The molecule has 0 heterocycles. The predicted molar refractivity (Wildman–Crippen MR) is 102 cm³/mol. The van der Waals surface area contributed by atoms with Crippen molar-refractivity contribution in [2.24, 2.45) is 0 Å². The van der Waals surface area contributed by atoms with Gasteiger partial charge in [0.25, 0.3) is 0 Å². The summed E-state index contributed by atoms with van der Waals surface area (Å²) in [6, 6.07) is 19.0. The van der Waals surface area contributed by atoms with Gasteiger partial charge in [0.15, 0.2) is 0 Å². The van der Waals surface area contributed by atoms with Crippen molar-refractivity contribution in [1.29, 1.82) is 0 Å². The van der Waals surface area contributed by atoms with Gasteiger partial charge in [-0.2, -0.15) is 21.6 Å². The molecule has 0 fully saturated rings. The monoisotopic (exact) mass is 420 g/mol. The van der Waals surface area contributed by atoms with Crippen LogP contribution in [0.25, 0.3) is 22.4 Å². The molecule has 0 bridgehead atoms. The molecule has 0 radical (unpaired) electrons. The Labute approximate surface area is 164 Å². The van der Waals surface area contributed by atoms with Gasteiger partial charge in [0.2, 0.25) is 5.79 Å². The van der Waals surface area contributed by atoms with Crippen molar-refractivity contribution in [2.45, 2.75) is 17.7 Å². The first kappa shape index (κ1) is 19.6. The van der Waals surface area contributed by atoms with Gasteiger partial charge in [-0.25, -0.2) is 4.18 Å². The van der Waals surface area contributed by atoms with E-state index in [2.05, 4.69) is 4.18 Å². The molecular formula is C21H15F3O4S. The highest BCUT2D eigenvalue weighted by Gasteiger charge is 2.53. The minimum atomic E-state index is -6.04. The van der Waals surface area contributed by atoms with Gasteiger partial charge in [0.1, 0.15) is 0 Å². The molecule has 3 aromatic rings. The molecule has 4 rings (SSSR count). The Bertz CT molecular complexity index is 1320. The summed E-state index contributed by atoms with van der Waals surface area (Å²) in [5.74, 6) is -2.72. The Morgan fingerprint density at radius 1 is 0.931 bits per heavy atom. The number of hydrogen-bond donors (Lipinski definition) is 1. The number of aliphatic hydroxyl groups is 1. The maximum Gasteiger partial charge on any atom is 0.523 e. The van der Waals surface area contributed by atoms with Crippen molar-refractivity contribution in [3.05, 3.63) is 82.7 Å². The predicted octanol–water partition coefficient (Wildman–Crippen LogP) is 2.78. The van der Waals surface area contributed by atoms with E-state index in [1.807, 2.05) is 12.1 Å². The number of rotatable bonds is 3. The van der Waals surface area contributed by atoms with Crippen LogP contribution in [0.5, 0.6) is 0 Å². The van der Waals surface area contributed by atoms with E-state index in [0.29, 0.717) is 21.4 Å². The van der Waals surface area contributed by atoms with E-state index >= 15 is 0 Å². The van der Waals surface area contributed by atoms with Gasteiger partial charge in [-0.05, 0) is 26.8 Å². The zero-order chi connectivity index (χ0) is 20.9. The fourth-order valence-corrected chi connectivity index (χ4v) is 4.18. The third kappa shape index (κ3) is 3.33. The van der Waals surface area contributed by atoms with Gasteiger partial charge in [-0.1, -0.05) is 72.8 Å². The molecule has 0 aromatic heterocycles. The van der Waals surface area contributed by atoms with Gasteiger partial charge in [-0.3, -0.25) is 0 Å². The van der Waals surface area contributed by atoms with Crippen molar-refractivity contribution in [3.8, 4) is 0 Å². The standard InChI is InChI=1S/C21H15F3O4S/c22-21(23,24)29(26,27)28-20(25)13-12-15-7-2-4-10-17(15)19(20)18-11-5-8-14-6-1-3-9-16(14)18/h1-12,25H,13H2. The van der Waals surface area contributed by atoms with E-state index in [4.69, 9.17) is 0 Å². The summed E-state index contributed by atoms with van der Waals surface area (Å²) in [6.07, 6.45) is 0.994. The maximum atomic E-state index is 13.0. The summed E-state index contributed by atoms with van der Waals surface area (Å²) in [6.45, 7) is 0. The largest absolute Gasteiger partial charge is 0.523 e. The van der Waals surface area contributed by atoms with Crippen LogP contribution in [0.1, 0.15) is 12.0 Å². The van der Waals surface area contributed by atoms with Crippen LogP contribution in [-0.2, 0) is 14.3 Å². The lowest BCUT2D eigenvalue weighted by Crippen LogP contribution is -2.48. The Hall–Kier alpha value is -2.68. The molecule has 0 saturated carbocycles. The summed E-state index contributed by atoms with van der Waals surface area (Å²) in [5.41, 5.74) is -5.30. The second kappa shape index (κ2) is 6.69. The average molecular weight is 420 g/mol. The minimum absolute atomic E-state index is 0.0276. The molecule has 0 spiro atoms. The molecule has 8 heteroatoms. The Morgan fingerprint density at radius 2 is 1.59 bits per heavy atom. The summed E-state index contributed by atoms with van der Waals surface area (Å²) < 4.78 is 66.9. The molecule has 0 amide bonds. The minimum Gasteiger partial charge on any atom is -0.361 e. The first-order valence-electron chi connectivity index (χ1n) is 8.65. The van der Waals surface area contributed by atoms with Crippen molar-refractivity contribution < 1.29 is 30.9 Å². The molecular weight excluding hydrogens is 405 g/mol. The zero-order valence-electron chi connectivity index (χ0n) is 14.8. The van der Waals surface area contributed by atoms with E-state index in [-0.39, 0.29) is 5.57 Å². The van der Waals surface area contributed by atoms with Crippen LogP contribution in [0.15, 0.2) is 66.7 Å². The summed E-state index contributed by atoms with van der Waals surface area (Å²) >= 11 is 0. The molecule has 0 aliphatic heterocycles. The third-order valence-electron chi connectivity index (χ3n) is 4.81. The number of hydrogen-bond acceptors (Lipinski definition) is 4. The number of fused-ring (bicyclic) bond motifs is 2. The van der Waals surface area contributed by atoms with Crippen LogP contribution in [0.4, 0.5) is 13.2 Å². The normalized spacial score (nSPS) is 19.7. The highest BCUT2D eigenvalue weighted by atomic mass is 32.2. The first-order valence-corrected chi connectivity index (χ1v) is 10.1. The lowest BCUT2D eigenvalue weighted by Gasteiger charge is -2.32. The fourth-order valence-electron chi connectivity index (χ4n) is 3.57. The molecule has 29 heavy (non-hydrogen) atoms. The smallest absolute Gasteiger partial charge is 0.361 e. The zero-order valence-corrected chi connectivity index (χ0v) is 15.7. The van der Waals surface area contributed by atoms with E-state index in [0.717, 1.165) is 5.39 Å². The van der Waals surface area contributed by atoms with Crippen LogP contribution >= 0.6 is 0 Å². The third-order valence-corrected chi connectivity index (χ3v) is 5.87.